The summed E-state index contributed by atoms with van der Waals surface area (Å²) in [5.41, 5.74) is 1.56. The van der Waals surface area contributed by atoms with Crippen LogP contribution in [0, 0.1) is 5.82 Å². The van der Waals surface area contributed by atoms with Gasteiger partial charge in [-0.05, 0) is 42.0 Å². The van der Waals surface area contributed by atoms with Crippen LogP contribution < -0.4 is 4.74 Å². The maximum absolute atomic E-state index is 13.1. The minimum absolute atomic E-state index is 0.0297. The number of hydrogen-bond acceptors (Lipinski definition) is 3. The maximum atomic E-state index is 13.1. The van der Waals surface area contributed by atoms with Crippen molar-refractivity contribution in [3.63, 3.8) is 0 Å². The Morgan fingerprint density at radius 2 is 1.80 bits per heavy atom. The van der Waals surface area contributed by atoms with E-state index in [1.54, 1.807) is 37.4 Å². The smallest absolute Gasteiger partial charge is 0.253 e. The molecule has 2 aromatic rings. The second-order valence-electron chi connectivity index (χ2n) is 6.03. The summed E-state index contributed by atoms with van der Waals surface area (Å²) in [5, 5.41) is 0.441. The number of rotatable bonds is 4. The first-order valence-electron chi connectivity index (χ1n) is 8.16. The van der Waals surface area contributed by atoms with Crippen LogP contribution in [0.25, 0.3) is 0 Å². The van der Waals surface area contributed by atoms with Gasteiger partial charge >= 0.3 is 0 Å². The normalized spacial score (nSPS) is 15.2. The lowest BCUT2D eigenvalue weighted by molar-refractivity contribution is 0.0628. The lowest BCUT2D eigenvalue weighted by Crippen LogP contribution is -2.48. The largest absolute Gasteiger partial charge is 0.497 e. The van der Waals surface area contributed by atoms with Gasteiger partial charge in [0.25, 0.3) is 5.91 Å². The highest BCUT2D eigenvalue weighted by Gasteiger charge is 2.22. The van der Waals surface area contributed by atoms with Gasteiger partial charge in [0, 0.05) is 43.3 Å². The highest BCUT2D eigenvalue weighted by atomic mass is 35.5. The first-order valence-corrected chi connectivity index (χ1v) is 8.54. The molecule has 0 aromatic heterocycles. The molecule has 0 bridgehead atoms. The van der Waals surface area contributed by atoms with Gasteiger partial charge in [-0.15, -0.1) is 0 Å². The second-order valence-corrected chi connectivity index (χ2v) is 6.44. The SMILES string of the molecule is COc1ccc(C(=O)N2CCN(Cc3ccc(F)cc3Cl)CC2)cc1. The fourth-order valence-corrected chi connectivity index (χ4v) is 3.14. The number of carbonyl (C=O) groups excluding carboxylic acids is 1. The number of carbonyl (C=O) groups is 1. The van der Waals surface area contributed by atoms with E-state index in [0.717, 1.165) is 24.4 Å². The van der Waals surface area contributed by atoms with Crippen molar-refractivity contribution in [3.8, 4) is 5.75 Å². The van der Waals surface area contributed by atoms with Gasteiger partial charge in [-0.1, -0.05) is 17.7 Å². The van der Waals surface area contributed by atoms with E-state index < -0.39 is 0 Å². The zero-order valence-electron chi connectivity index (χ0n) is 14.0. The molecule has 0 saturated carbocycles. The molecular weight excluding hydrogens is 343 g/mol. The Kier molecular flexibility index (Phi) is 5.56. The summed E-state index contributed by atoms with van der Waals surface area (Å²) in [5.74, 6) is 0.434. The molecule has 6 heteroatoms. The van der Waals surface area contributed by atoms with Crippen molar-refractivity contribution >= 4 is 17.5 Å². The van der Waals surface area contributed by atoms with E-state index >= 15 is 0 Å². The number of halogens is 2. The van der Waals surface area contributed by atoms with Crippen molar-refractivity contribution in [2.24, 2.45) is 0 Å². The van der Waals surface area contributed by atoms with Crippen LogP contribution in [0.1, 0.15) is 15.9 Å². The van der Waals surface area contributed by atoms with Crippen LogP contribution in [0.3, 0.4) is 0 Å². The summed E-state index contributed by atoms with van der Waals surface area (Å²) >= 11 is 6.09. The predicted molar refractivity (Wildman–Crippen MR) is 95.6 cm³/mol. The summed E-state index contributed by atoms with van der Waals surface area (Å²) in [7, 11) is 1.60. The molecule has 0 N–H and O–H groups in total. The van der Waals surface area contributed by atoms with Crippen molar-refractivity contribution in [1.29, 1.82) is 0 Å². The molecule has 1 amide bonds. The van der Waals surface area contributed by atoms with Crippen LogP contribution in [0.5, 0.6) is 5.75 Å². The van der Waals surface area contributed by atoms with Crippen LogP contribution in [0.15, 0.2) is 42.5 Å². The molecule has 1 fully saturated rings. The quantitative estimate of drug-likeness (QED) is 0.835. The van der Waals surface area contributed by atoms with Gasteiger partial charge in [0.15, 0.2) is 0 Å². The summed E-state index contributed by atoms with van der Waals surface area (Å²) in [6, 6.07) is 11.6. The lowest BCUT2D eigenvalue weighted by atomic mass is 10.1. The first kappa shape index (κ1) is 17.7. The number of methoxy groups -OCH3 is 1. The Labute approximate surface area is 151 Å². The van der Waals surface area contributed by atoms with Crippen LogP contribution in [-0.4, -0.2) is 49.0 Å². The zero-order valence-corrected chi connectivity index (χ0v) is 14.8. The van der Waals surface area contributed by atoms with Crippen molar-refractivity contribution in [3.05, 3.63) is 64.4 Å². The van der Waals surface area contributed by atoms with Crippen molar-refractivity contribution in [1.82, 2.24) is 9.80 Å². The van der Waals surface area contributed by atoms with Gasteiger partial charge in [0.1, 0.15) is 11.6 Å². The van der Waals surface area contributed by atoms with Crippen molar-refractivity contribution < 1.29 is 13.9 Å². The number of ether oxygens (including phenoxy) is 1. The topological polar surface area (TPSA) is 32.8 Å². The third-order valence-corrected chi connectivity index (χ3v) is 4.76. The monoisotopic (exact) mass is 362 g/mol. The van der Waals surface area contributed by atoms with Gasteiger partial charge in [0.2, 0.25) is 0 Å². The Morgan fingerprint density at radius 1 is 1.12 bits per heavy atom. The Bertz CT molecular complexity index is 744. The molecule has 3 rings (SSSR count). The van der Waals surface area contributed by atoms with E-state index in [4.69, 9.17) is 16.3 Å². The molecule has 0 radical (unpaired) electrons. The van der Waals surface area contributed by atoms with Crippen molar-refractivity contribution in [2.45, 2.75) is 6.54 Å². The Hall–Kier alpha value is -2.11. The molecule has 2 aromatic carbocycles. The Balaban J connectivity index is 1.56. The number of piperazine rings is 1. The highest BCUT2D eigenvalue weighted by molar-refractivity contribution is 6.31. The zero-order chi connectivity index (χ0) is 17.8. The number of hydrogen-bond donors (Lipinski definition) is 0. The van der Waals surface area contributed by atoms with Gasteiger partial charge in [-0.25, -0.2) is 4.39 Å². The molecule has 1 aliphatic rings. The van der Waals surface area contributed by atoms with Gasteiger partial charge in [0.05, 0.1) is 7.11 Å². The van der Waals surface area contributed by atoms with E-state index in [0.29, 0.717) is 30.2 Å². The molecule has 25 heavy (non-hydrogen) atoms. The minimum atomic E-state index is -0.330. The third-order valence-electron chi connectivity index (χ3n) is 4.41. The van der Waals surface area contributed by atoms with Gasteiger partial charge < -0.3 is 9.64 Å². The minimum Gasteiger partial charge on any atom is -0.497 e. The third kappa shape index (κ3) is 4.30. The maximum Gasteiger partial charge on any atom is 0.253 e. The first-order chi connectivity index (χ1) is 12.1. The van der Waals surface area contributed by atoms with Gasteiger partial charge in [-0.3, -0.25) is 9.69 Å². The summed E-state index contributed by atoms with van der Waals surface area (Å²) in [6.07, 6.45) is 0. The van der Waals surface area contributed by atoms with Gasteiger partial charge in [-0.2, -0.15) is 0 Å². The molecule has 4 nitrogen and oxygen atoms in total. The van der Waals surface area contributed by atoms with Crippen LogP contribution >= 0.6 is 11.6 Å². The molecule has 132 valence electrons. The van der Waals surface area contributed by atoms with E-state index in [9.17, 15) is 9.18 Å². The lowest BCUT2D eigenvalue weighted by Gasteiger charge is -2.35. The Morgan fingerprint density at radius 3 is 2.40 bits per heavy atom. The van der Waals surface area contributed by atoms with E-state index in [1.807, 2.05) is 4.90 Å². The van der Waals surface area contributed by atoms with Crippen LogP contribution in [0.2, 0.25) is 5.02 Å². The summed E-state index contributed by atoms with van der Waals surface area (Å²) < 4.78 is 18.2. The molecule has 0 aliphatic carbocycles. The fourth-order valence-electron chi connectivity index (χ4n) is 2.92. The molecule has 1 aliphatic heterocycles. The number of benzene rings is 2. The molecule has 0 atom stereocenters. The van der Waals surface area contributed by atoms with E-state index in [-0.39, 0.29) is 11.7 Å². The standard InChI is InChI=1S/C19H20ClFN2O2/c1-25-17-6-3-14(4-7-17)19(24)23-10-8-22(9-11-23)13-15-2-5-16(21)12-18(15)20/h2-7,12H,8-11,13H2,1H3. The average Bonchev–Trinajstić information content (AvgIpc) is 2.64. The fraction of sp³-hybridized carbons (Fsp3) is 0.316. The van der Waals surface area contributed by atoms with E-state index in [2.05, 4.69) is 4.90 Å². The highest BCUT2D eigenvalue weighted by Crippen LogP contribution is 2.20. The molecule has 0 unspecified atom stereocenters. The molecule has 0 spiro atoms. The predicted octanol–water partition coefficient (Wildman–Crippen LogP) is 3.45. The molecule has 1 heterocycles. The molecular formula is C19H20ClFN2O2. The summed E-state index contributed by atoms with van der Waals surface area (Å²) in [4.78, 5) is 16.6. The number of nitrogens with zero attached hydrogens (tertiary/aromatic N) is 2. The van der Waals surface area contributed by atoms with Crippen molar-refractivity contribution in [2.75, 3.05) is 33.3 Å². The van der Waals surface area contributed by atoms with Crippen LogP contribution in [0.4, 0.5) is 4.39 Å². The summed E-state index contributed by atoms with van der Waals surface area (Å²) in [6.45, 7) is 3.49. The molecule has 1 saturated heterocycles. The van der Waals surface area contributed by atoms with E-state index in [1.165, 1.54) is 12.1 Å². The second kappa shape index (κ2) is 7.85. The number of amides is 1. The van der Waals surface area contributed by atoms with Crippen LogP contribution in [-0.2, 0) is 6.54 Å². The average molecular weight is 363 g/mol.